The van der Waals surface area contributed by atoms with Crippen LogP contribution in [0.1, 0.15) is 0 Å². The van der Waals surface area contributed by atoms with Gasteiger partial charge < -0.3 is 10.0 Å². The number of piperidine rings is 1. The third-order valence-electron chi connectivity index (χ3n) is 3.77. The topological polar surface area (TPSA) is 23.5 Å². The highest BCUT2D eigenvalue weighted by Gasteiger charge is 2.55. The molecule has 2 aliphatic rings. The Morgan fingerprint density at radius 1 is 1.20 bits per heavy atom. The van der Waals surface area contributed by atoms with Gasteiger partial charge in [-0.3, -0.25) is 0 Å². The molecule has 1 N–H and O–H groups in total. The van der Waals surface area contributed by atoms with Crippen LogP contribution in [0.3, 0.4) is 0 Å². The zero-order chi connectivity index (χ0) is 10.4. The van der Waals surface area contributed by atoms with E-state index in [-0.39, 0.29) is 0 Å². The van der Waals surface area contributed by atoms with Gasteiger partial charge in [0.15, 0.2) is 0 Å². The summed E-state index contributed by atoms with van der Waals surface area (Å²) >= 11 is 3.44. The summed E-state index contributed by atoms with van der Waals surface area (Å²) in [6, 6.07) is 8.48. The van der Waals surface area contributed by atoms with E-state index in [1.807, 2.05) is 0 Å². The Morgan fingerprint density at radius 3 is 2.33 bits per heavy atom. The first-order valence-corrected chi connectivity index (χ1v) is 6.20. The molecule has 3 rings (SSSR count). The fraction of sp³-hybridized carbons (Fsp3) is 0.500. The first-order chi connectivity index (χ1) is 7.29. The fourth-order valence-electron chi connectivity index (χ4n) is 2.78. The molecule has 2 atom stereocenters. The lowest BCUT2D eigenvalue weighted by atomic mass is 10.2. The zero-order valence-electron chi connectivity index (χ0n) is 8.44. The smallest absolute Gasteiger partial charge is 0.0466 e. The maximum Gasteiger partial charge on any atom is 0.0466 e. The number of halogens is 1. The largest absolute Gasteiger partial charge is 0.396 e. The highest BCUT2D eigenvalue weighted by molar-refractivity contribution is 9.10. The monoisotopic (exact) mass is 267 g/mol. The average molecular weight is 268 g/mol. The first-order valence-electron chi connectivity index (χ1n) is 5.41. The summed E-state index contributed by atoms with van der Waals surface area (Å²) in [4.78, 5) is 2.42. The summed E-state index contributed by atoms with van der Waals surface area (Å²) in [6.45, 7) is 2.62. The molecule has 3 heteroatoms. The Labute approximate surface area is 98.0 Å². The van der Waals surface area contributed by atoms with Crippen molar-refractivity contribution in [1.82, 2.24) is 0 Å². The van der Waals surface area contributed by atoms with Crippen molar-refractivity contribution >= 4 is 21.6 Å². The summed E-state index contributed by atoms with van der Waals surface area (Å²) in [5, 5.41) is 9.08. The number of anilines is 1. The van der Waals surface area contributed by atoms with E-state index in [9.17, 15) is 0 Å². The van der Waals surface area contributed by atoms with Gasteiger partial charge in [0, 0.05) is 29.9 Å². The second kappa shape index (κ2) is 3.49. The van der Waals surface area contributed by atoms with E-state index in [2.05, 4.69) is 45.1 Å². The molecule has 1 aliphatic carbocycles. The second-order valence-corrected chi connectivity index (χ2v) is 5.47. The molecule has 1 aromatic carbocycles. The number of nitrogens with zero attached hydrogens (tertiary/aromatic N) is 1. The molecule has 15 heavy (non-hydrogen) atoms. The van der Waals surface area contributed by atoms with Crippen molar-refractivity contribution in [3.05, 3.63) is 28.7 Å². The van der Waals surface area contributed by atoms with E-state index < -0.39 is 0 Å². The standard InChI is InChI=1S/C12H14BrNO/c13-8-1-3-9(4-2-8)14-5-10-11(6-14)12(10)7-15/h1-4,10-12,15H,5-7H2. The minimum atomic E-state index is 0.378. The molecule has 0 aromatic heterocycles. The quantitative estimate of drug-likeness (QED) is 0.888. The van der Waals surface area contributed by atoms with E-state index in [0.29, 0.717) is 12.5 Å². The minimum absolute atomic E-state index is 0.378. The normalized spacial score (nSPS) is 32.9. The van der Waals surface area contributed by atoms with E-state index in [4.69, 9.17) is 5.11 Å². The van der Waals surface area contributed by atoms with Crippen molar-refractivity contribution in [1.29, 1.82) is 0 Å². The van der Waals surface area contributed by atoms with Crippen molar-refractivity contribution in [3.63, 3.8) is 0 Å². The van der Waals surface area contributed by atoms with Crippen LogP contribution in [-0.4, -0.2) is 24.8 Å². The van der Waals surface area contributed by atoms with Crippen LogP contribution in [0, 0.1) is 17.8 Å². The van der Waals surface area contributed by atoms with E-state index in [1.165, 1.54) is 5.69 Å². The minimum Gasteiger partial charge on any atom is -0.396 e. The van der Waals surface area contributed by atoms with Crippen LogP contribution in [0.25, 0.3) is 0 Å². The van der Waals surface area contributed by atoms with Gasteiger partial charge in [0.25, 0.3) is 0 Å². The van der Waals surface area contributed by atoms with Crippen LogP contribution in [0.4, 0.5) is 5.69 Å². The molecule has 2 nitrogen and oxygen atoms in total. The summed E-state index contributed by atoms with van der Waals surface area (Å²) in [7, 11) is 0. The van der Waals surface area contributed by atoms with Crippen LogP contribution in [0.2, 0.25) is 0 Å². The van der Waals surface area contributed by atoms with E-state index in [0.717, 1.165) is 29.4 Å². The number of hydrogen-bond donors (Lipinski definition) is 1. The maximum absolute atomic E-state index is 9.08. The molecule has 1 aromatic rings. The molecule has 2 fully saturated rings. The highest BCUT2D eigenvalue weighted by Crippen LogP contribution is 2.52. The zero-order valence-corrected chi connectivity index (χ0v) is 10.0. The van der Waals surface area contributed by atoms with Crippen molar-refractivity contribution in [2.45, 2.75) is 0 Å². The second-order valence-electron chi connectivity index (χ2n) is 4.56. The molecular weight excluding hydrogens is 254 g/mol. The number of aliphatic hydroxyl groups is 1. The summed E-state index contributed by atoms with van der Waals surface area (Å²) in [5.74, 6) is 2.09. The highest BCUT2D eigenvalue weighted by atomic mass is 79.9. The Hall–Kier alpha value is -0.540. The van der Waals surface area contributed by atoms with Crippen LogP contribution < -0.4 is 4.90 Å². The molecule has 1 aliphatic heterocycles. The Bertz CT molecular complexity index is 352. The molecule has 0 spiro atoms. The fourth-order valence-corrected chi connectivity index (χ4v) is 3.05. The number of rotatable bonds is 2. The molecule has 0 bridgehead atoms. The molecule has 1 heterocycles. The third kappa shape index (κ3) is 1.58. The number of benzene rings is 1. The lowest BCUT2D eigenvalue weighted by Crippen LogP contribution is -2.24. The molecule has 1 saturated carbocycles. The lowest BCUT2D eigenvalue weighted by Gasteiger charge is -2.21. The van der Waals surface area contributed by atoms with Gasteiger partial charge in [-0.25, -0.2) is 0 Å². The molecular formula is C12H14BrNO. The Kier molecular flexibility index (Phi) is 2.25. The predicted octanol–water partition coefficient (Wildman–Crippen LogP) is 2.12. The van der Waals surface area contributed by atoms with Crippen LogP contribution >= 0.6 is 15.9 Å². The van der Waals surface area contributed by atoms with Crippen molar-refractivity contribution in [2.75, 3.05) is 24.6 Å². The Morgan fingerprint density at radius 2 is 1.80 bits per heavy atom. The number of fused-ring (bicyclic) bond motifs is 1. The van der Waals surface area contributed by atoms with Gasteiger partial charge in [-0.2, -0.15) is 0 Å². The summed E-state index contributed by atoms with van der Waals surface area (Å²) < 4.78 is 1.13. The predicted molar refractivity (Wildman–Crippen MR) is 63.9 cm³/mol. The first kappa shape index (κ1) is 9.67. The van der Waals surface area contributed by atoms with Crippen LogP contribution in [0.5, 0.6) is 0 Å². The SMILES string of the molecule is OCC1C2CN(c3ccc(Br)cc3)CC12. The van der Waals surface area contributed by atoms with Gasteiger partial charge in [-0.05, 0) is 42.0 Å². The number of hydrogen-bond acceptors (Lipinski definition) is 2. The van der Waals surface area contributed by atoms with Crippen LogP contribution in [-0.2, 0) is 0 Å². The molecule has 0 radical (unpaired) electrons. The van der Waals surface area contributed by atoms with Crippen molar-refractivity contribution in [2.24, 2.45) is 17.8 Å². The van der Waals surface area contributed by atoms with Gasteiger partial charge in [0.05, 0.1) is 0 Å². The maximum atomic E-state index is 9.08. The molecule has 2 unspecified atom stereocenters. The number of aliphatic hydroxyl groups excluding tert-OH is 1. The van der Waals surface area contributed by atoms with Gasteiger partial charge in [-0.15, -0.1) is 0 Å². The van der Waals surface area contributed by atoms with Crippen LogP contribution in [0.15, 0.2) is 28.7 Å². The van der Waals surface area contributed by atoms with Gasteiger partial charge in [0.2, 0.25) is 0 Å². The van der Waals surface area contributed by atoms with Gasteiger partial charge in [0.1, 0.15) is 0 Å². The Balaban J connectivity index is 1.69. The van der Waals surface area contributed by atoms with Gasteiger partial charge in [-0.1, -0.05) is 15.9 Å². The molecule has 1 saturated heterocycles. The third-order valence-corrected chi connectivity index (χ3v) is 4.30. The summed E-state index contributed by atoms with van der Waals surface area (Å²) in [6.07, 6.45) is 0. The lowest BCUT2D eigenvalue weighted by molar-refractivity contribution is 0.260. The van der Waals surface area contributed by atoms with Crippen molar-refractivity contribution < 1.29 is 5.11 Å². The molecule has 0 amide bonds. The van der Waals surface area contributed by atoms with Gasteiger partial charge >= 0.3 is 0 Å². The molecule has 80 valence electrons. The van der Waals surface area contributed by atoms with E-state index >= 15 is 0 Å². The summed E-state index contributed by atoms with van der Waals surface area (Å²) in [5.41, 5.74) is 1.31. The van der Waals surface area contributed by atoms with Crippen molar-refractivity contribution in [3.8, 4) is 0 Å². The van der Waals surface area contributed by atoms with E-state index in [1.54, 1.807) is 0 Å². The average Bonchev–Trinajstić information content (AvgIpc) is 2.72.